The van der Waals surface area contributed by atoms with Gasteiger partial charge in [0.1, 0.15) is 18.2 Å². The Balaban J connectivity index is 1.78. The summed E-state index contributed by atoms with van der Waals surface area (Å²) in [7, 11) is 0. The summed E-state index contributed by atoms with van der Waals surface area (Å²) in [5.74, 6) is -0.846. The summed E-state index contributed by atoms with van der Waals surface area (Å²) in [6.45, 7) is 4.62. The Kier molecular flexibility index (Phi) is 6.04. The molecule has 0 aromatic heterocycles. The molecule has 1 N–H and O–H groups in total. The van der Waals surface area contributed by atoms with Gasteiger partial charge in [0.25, 0.3) is 0 Å². The van der Waals surface area contributed by atoms with E-state index in [2.05, 4.69) is 60.2 Å². The van der Waals surface area contributed by atoms with Gasteiger partial charge in [-0.15, -0.1) is 0 Å². The fraction of sp³-hybridized carbons (Fsp3) is 0.179. The second-order valence-corrected chi connectivity index (χ2v) is 8.41. The normalized spacial score (nSPS) is 17.8. The van der Waals surface area contributed by atoms with Crippen LogP contribution in [0, 0.1) is 17.4 Å². The number of carboxylic acid groups (broad SMARTS) is 1. The highest BCUT2D eigenvalue weighted by Crippen LogP contribution is 2.50. The third-order valence-corrected chi connectivity index (χ3v) is 5.90. The van der Waals surface area contributed by atoms with E-state index in [4.69, 9.17) is 0 Å². The van der Waals surface area contributed by atoms with Crippen LogP contribution in [-0.2, 0) is 10.2 Å². The summed E-state index contributed by atoms with van der Waals surface area (Å²) in [5.41, 5.74) is 3.86. The Morgan fingerprint density at radius 1 is 1.27 bits per heavy atom. The van der Waals surface area contributed by atoms with Crippen LogP contribution in [0.2, 0.25) is 0 Å². The zero-order valence-corrected chi connectivity index (χ0v) is 18.6. The molecule has 2 aromatic carbocycles. The van der Waals surface area contributed by atoms with E-state index in [0.717, 1.165) is 33.4 Å². The van der Waals surface area contributed by atoms with Gasteiger partial charge in [0.15, 0.2) is 5.70 Å². The monoisotopic (exact) mass is 434 g/mol. The van der Waals surface area contributed by atoms with Crippen LogP contribution in [0.3, 0.4) is 0 Å². The average molecular weight is 435 g/mol. The molecule has 1 aliphatic carbocycles. The summed E-state index contributed by atoms with van der Waals surface area (Å²) >= 11 is 0. The molecule has 33 heavy (non-hydrogen) atoms. The van der Waals surface area contributed by atoms with Crippen LogP contribution in [0.5, 0.6) is 0 Å². The van der Waals surface area contributed by atoms with E-state index in [0.29, 0.717) is 12.1 Å². The molecule has 0 saturated heterocycles. The predicted molar refractivity (Wildman–Crippen MR) is 132 cm³/mol. The van der Waals surface area contributed by atoms with E-state index in [1.807, 2.05) is 30.4 Å². The van der Waals surface area contributed by atoms with Gasteiger partial charge in [-0.3, -0.25) is 4.79 Å². The minimum absolute atomic E-state index is 0.0144. The number of rotatable bonds is 6. The van der Waals surface area contributed by atoms with Gasteiger partial charge in [-0.1, -0.05) is 44.2 Å². The molecule has 0 atom stereocenters. The van der Waals surface area contributed by atoms with Gasteiger partial charge in [-0.2, -0.15) is 10.3 Å². The fourth-order valence-corrected chi connectivity index (χ4v) is 4.37. The van der Waals surface area contributed by atoms with Crippen LogP contribution < -0.4 is 4.90 Å². The number of aliphatic imine (C=N–C) groups is 1. The van der Waals surface area contributed by atoms with Crippen LogP contribution in [0.15, 0.2) is 94.8 Å². The maximum absolute atomic E-state index is 11.4. The molecule has 0 amide bonds. The number of anilines is 1. The van der Waals surface area contributed by atoms with Gasteiger partial charge in [0.2, 0.25) is 0 Å². The van der Waals surface area contributed by atoms with Crippen LogP contribution in [0.1, 0.15) is 25.8 Å². The number of carbonyl (C=O) groups is 1. The maximum atomic E-state index is 11.4. The number of hydrogen-bond donors (Lipinski definition) is 1. The molecule has 0 bridgehead atoms. The molecule has 0 saturated carbocycles. The molecule has 4 rings (SSSR count). The Bertz CT molecular complexity index is 1330. The third kappa shape index (κ3) is 4.39. The lowest BCUT2D eigenvalue weighted by Crippen LogP contribution is -2.28. The van der Waals surface area contributed by atoms with Gasteiger partial charge >= 0.3 is 5.97 Å². The molecular weight excluding hydrogens is 410 g/mol. The first-order valence-electron chi connectivity index (χ1n) is 10.8. The van der Waals surface area contributed by atoms with Crippen molar-refractivity contribution >= 4 is 28.6 Å². The van der Waals surface area contributed by atoms with E-state index in [-0.39, 0.29) is 11.8 Å². The number of allylic oxidation sites excluding steroid dienone is 9. The van der Waals surface area contributed by atoms with E-state index < -0.39 is 5.97 Å². The number of nitriles is 1. The minimum atomic E-state index is -0.846. The largest absolute Gasteiger partial charge is 0.481 e. The molecule has 5 heteroatoms. The molecule has 162 valence electrons. The molecule has 1 heterocycles. The number of hydrogen-bond acceptors (Lipinski definition) is 4. The van der Waals surface area contributed by atoms with Gasteiger partial charge in [-0.25, -0.2) is 0 Å². The smallest absolute Gasteiger partial charge is 0.305 e. The number of benzene rings is 2. The molecule has 0 spiro atoms. The topological polar surface area (TPSA) is 76.7 Å². The van der Waals surface area contributed by atoms with Crippen molar-refractivity contribution in [2.75, 3.05) is 11.4 Å². The number of fused-ring (bicyclic) bond motifs is 3. The lowest BCUT2D eigenvalue weighted by Gasteiger charge is -2.26. The minimum Gasteiger partial charge on any atom is -0.481 e. The van der Waals surface area contributed by atoms with Crippen molar-refractivity contribution in [1.29, 1.82) is 5.26 Å². The highest BCUT2D eigenvalue weighted by atomic mass is 16.4. The molecular formula is C28H24N3O2+. The number of carboxylic acids is 1. The lowest BCUT2D eigenvalue weighted by molar-refractivity contribution is -0.136. The Labute approximate surface area is 193 Å². The predicted octanol–water partition coefficient (Wildman–Crippen LogP) is 5.63. The summed E-state index contributed by atoms with van der Waals surface area (Å²) in [6.07, 6.45) is 15.4. The Morgan fingerprint density at radius 3 is 2.82 bits per heavy atom. The van der Waals surface area contributed by atoms with E-state index in [1.54, 1.807) is 18.2 Å². The second-order valence-electron chi connectivity index (χ2n) is 8.41. The van der Waals surface area contributed by atoms with E-state index >= 15 is 0 Å². The van der Waals surface area contributed by atoms with Crippen molar-refractivity contribution in [3.63, 3.8) is 0 Å². The summed E-state index contributed by atoms with van der Waals surface area (Å²) < 4.78 is 0. The number of aliphatic carboxylic acids is 1. The van der Waals surface area contributed by atoms with Gasteiger partial charge in [0.05, 0.1) is 24.3 Å². The summed E-state index contributed by atoms with van der Waals surface area (Å²) in [6, 6.07) is 14.5. The Morgan fingerprint density at radius 2 is 2.09 bits per heavy atom. The molecule has 1 aliphatic heterocycles. The Hall–Kier alpha value is -4.26. The van der Waals surface area contributed by atoms with Crippen LogP contribution in [0.25, 0.3) is 10.8 Å². The van der Waals surface area contributed by atoms with Crippen molar-refractivity contribution in [2.45, 2.75) is 25.7 Å². The van der Waals surface area contributed by atoms with Gasteiger partial charge < -0.3 is 10.0 Å². The maximum Gasteiger partial charge on any atom is 0.305 e. The molecule has 2 aromatic rings. The summed E-state index contributed by atoms with van der Waals surface area (Å²) in [4.78, 5) is 17.8. The lowest BCUT2D eigenvalue weighted by atomic mass is 9.81. The van der Waals surface area contributed by atoms with Crippen molar-refractivity contribution in [3.8, 4) is 6.07 Å². The average Bonchev–Trinajstić information content (AvgIpc) is 3.04. The standard InChI is InChI=1S/C28H23N3O2/c1-28(2)25(15-12-20(18-29)19-30-22-9-4-3-5-10-22)31(17-16-26(32)33)24-14-13-21-8-6-7-11-23(21)27(24)28/h3-4,6-15,19H,16-17H2,1-2H3/p+1/b20-12+,25-15+,30-19?. The molecule has 5 nitrogen and oxygen atoms in total. The van der Waals surface area contributed by atoms with E-state index in [1.165, 1.54) is 6.21 Å². The van der Waals surface area contributed by atoms with Gasteiger partial charge in [-0.05, 0) is 34.6 Å². The molecule has 0 radical (unpaired) electrons. The highest BCUT2D eigenvalue weighted by Gasteiger charge is 2.41. The van der Waals surface area contributed by atoms with Crippen molar-refractivity contribution in [3.05, 3.63) is 101 Å². The van der Waals surface area contributed by atoms with Crippen LogP contribution in [0.4, 0.5) is 5.69 Å². The third-order valence-electron chi connectivity index (χ3n) is 5.90. The zero-order valence-electron chi connectivity index (χ0n) is 18.6. The summed E-state index contributed by atoms with van der Waals surface area (Å²) in [5, 5.41) is 21.2. The fourth-order valence-electron chi connectivity index (χ4n) is 4.37. The van der Waals surface area contributed by atoms with Crippen LogP contribution >= 0.6 is 0 Å². The van der Waals surface area contributed by atoms with Crippen molar-refractivity contribution in [2.24, 2.45) is 4.99 Å². The molecule has 2 aliphatic rings. The first kappa shape index (κ1) is 22.0. The first-order valence-corrected chi connectivity index (χ1v) is 10.8. The molecule has 0 fully saturated rings. The van der Waals surface area contributed by atoms with Crippen molar-refractivity contribution < 1.29 is 9.90 Å². The van der Waals surface area contributed by atoms with Crippen molar-refractivity contribution in [1.82, 2.24) is 0 Å². The van der Waals surface area contributed by atoms with Crippen LogP contribution in [-0.4, -0.2) is 23.8 Å². The number of nitrogens with zero attached hydrogens (tertiary/aromatic N) is 3. The van der Waals surface area contributed by atoms with E-state index in [9.17, 15) is 15.2 Å². The quantitative estimate of drug-likeness (QED) is 0.363. The highest BCUT2D eigenvalue weighted by molar-refractivity contribution is 5.95. The first-order chi connectivity index (χ1) is 15.9. The zero-order chi connectivity index (χ0) is 23.4. The van der Waals surface area contributed by atoms with Gasteiger partial charge in [0, 0.05) is 35.5 Å². The second kappa shape index (κ2) is 9.08. The molecule has 0 unspecified atom stereocenters. The SMILES string of the molecule is CC1(C)/C(=C\C=C(/C#N)C=NC2=CC=C[C+]=C2)N(CCC(=O)O)c2ccc3ccccc3c21.